The van der Waals surface area contributed by atoms with E-state index in [2.05, 4.69) is 15.1 Å². The summed E-state index contributed by atoms with van der Waals surface area (Å²) >= 11 is 19.3. The predicted molar refractivity (Wildman–Crippen MR) is 133 cm³/mol. The lowest BCUT2D eigenvalue weighted by Crippen LogP contribution is -2.20. The Bertz CT molecular complexity index is 1290. The molecule has 3 aromatic carbocycles. The van der Waals surface area contributed by atoms with Gasteiger partial charge in [-0.05, 0) is 47.5 Å². The number of imidazole rings is 1. The smallest absolute Gasteiger partial charge is 0.250 e. The molecule has 0 saturated carbocycles. The fraction of sp³-hybridized carbons (Fsp3) is 0.0870. The molecule has 162 valence electrons. The SMILES string of the molecule is O=C(CSc1nc2ccccc2n1Cc1ccc(Cl)cc1)N/N=C/c1ccc(Cl)c(Cl)c1. The number of fused-ring (bicyclic) bond motifs is 1. The van der Waals surface area contributed by atoms with Gasteiger partial charge >= 0.3 is 0 Å². The van der Waals surface area contributed by atoms with E-state index in [0.717, 1.165) is 27.3 Å². The topological polar surface area (TPSA) is 59.3 Å². The Morgan fingerprint density at radius 2 is 1.81 bits per heavy atom. The van der Waals surface area contributed by atoms with Crippen molar-refractivity contribution in [2.45, 2.75) is 11.7 Å². The lowest BCUT2D eigenvalue weighted by Gasteiger charge is -2.09. The molecule has 0 saturated heterocycles. The third kappa shape index (κ3) is 5.64. The maximum atomic E-state index is 12.3. The number of carbonyl (C=O) groups excluding carboxylic acids is 1. The summed E-state index contributed by atoms with van der Waals surface area (Å²) in [6.45, 7) is 0.622. The summed E-state index contributed by atoms with van der Waals surface area (Å²) in [7, 11) is 0. The van der Waals surface area contributed by atoms with Crippen LogP contribution in [0.2, 0.25) is 15.1 Å². The molecule has 4 aromatic rings. The lowest BCUT2D eigenvalue weighted by molar-refractivity contribution is -0.118. The van der Waals surface area contributed by atoms with Gasteiger partial charge in [0.2, 0.25) is 0 Å². The maximum absolute atomic E-state index is 12.3. The van der Waals surface area contributed by atoms with E-state index in [1.165, 1.54) is 18.0 Å². The van der Waals surface area contributed by atoms with Crippen molar-refractivity contribution < 1.29 is 4.79 Å². The van der Waals surface area contributed by atoms with Gasteiger partial charge in [0.1, 0.15) is 0 Å². The number of hydrogen-bond donors (Lipinski definition) is 1. The first-order valence-electron chi connectivity index (χ1n) is 9.59. The van der Waals surface area contributed by atoms with Crippen LogP contribution in [0.5, 0.6) is 0 Å². The van der Waals surface area contributed by atoms with Crippen molar-refractivity contribution in [2.24, 2.45) is 5.10 Å². The van der Waals surface area contributed by atoms with Crippen LogP contribution >= 0.6 is 46.6 Å². The molecule has 1 N–H and O–H groups in total. The van der Waals surface area contributed by atoms with Crippen molar-refractivity contribution in [1.82, 2.24) is 15.0 Å². The van der Waals surface area contributed by atoms with E-state index in [9.17, 15) is 4.79 Å². The summed E-state index contributed by atoms with van der Waals surface area (Å²) in [4.78, 5) is 17.0. The molecular weight excluding hydrogens is 487 g/mol. The summed E-state index contributed by atoms with van der Waals surface area (Å²) in [5.41, 5.74) is 6.23. The average molecular weight is 504 g/mol. The Kier molecular flexibility index (Phi) is 7.37. The minimum Gasteiger partial charge on any atom is -0.314 e. The minimum atomic E-state index is -0.239. The quantitative estimate of drug-likeness (QED) is 0.183. The van der Waals surface area contributed by atoms with E-state index in [1.807, 2.05) is 48.5 Å². The third-order valence-electron chi connectivity index (χ3n) is 4.55. The third-order valence-corrected chi connectivity index (χ3v) is 6.52. The van der Waals surface area contributed by atoms with Gasteiger partial charge < -0.3 is 4.57 Å². The van der Waals surface area contributed by atoms with Gasteiger partial charge in [-0.2, -0.15) is 5.10 Å². The zero-order valence-corrected chi connectivity index (χ0v) is 19.7. The first-order valence-corrected chi connectivity index (χ1v) is 11.7. The second-order valence-corrected chi connectivity index (χ2v) is 9.04. The highest BCUT2D eigenvalue weighted by Crippen LogP contribution is 2.26. The van der Waals surface area contributed by atoms with E-state index < -0.39 is 0 Å². The second-order valence-electron chi connectivity index (χ2n) is 6.85. The molecule has 5 nitrogen and oxygen atoms in total. The summed E-state index contributed by atoms with van der Waals surface area (Å²) < 4.78 is 2.09. The standard InChI is InChI=1S/C23H17Cl3N4OS/c24-17-8-5-15(6-9-17)13-30-21-4-2-1-3-20(21)28-23(30)32-14-22(31)29-27-12-16-7-10-18(25)19(26)11-16/h1-12H,13-14H2,(H,29,31)/b27-12+. The van der Waals surface area contributed by atoms with E-state index in [4.69, 9.17) is 39.8 Å². The molecule has 32 heavy (non-hydrogen) atoms. The van der Waals surface area contributed by atoms with Gasteiger partial charge in [-0.15, -0.1) is 0 Å². The molecule has 1 heterocycles. The van der Waals surface area contributed by atoms with E-state index in [-0.39, 0.29) is 11.7 Å². The van der Waals surface area contributed by atoms with E-state index in [1.54, 1.807) is 18.2 Å². The number of halogens is 3. The van der Waals surface area contributed by atoms with Gasteiger partial charge in [-0.25, -0.2) is 10.4 Å². The maximum Gasteiger partial charge on any atom is 0.250 e. The van der Waals surface area contributed by atoms with Crippen LogP contribution in [-0.2, 0) is 11.3 Å². The number of rotatable bonds is 7. The molecular formula is C23H17Cl3N4OS. The van der Waals surface area contributed by atoms with Gasteiger partial charge in [0.25, 0.3) is 5.91 Å². The number of nitrogens with one attached hydrogen (secondary N) is 1. The van der Waals surface area contributed by atoms with E-state index >= 15 is 0 Å². The van der Waals surface area contributed by atoms with Crippen LogP contribution in [0.1, 0.15) is 11.1 Å². The Morgan fingerprint density at radius 1 is 1.03 bits per heavy atom. The van der Waals surface area contributed by atoms with Crippen molar-refractivity contribution in [2.75, 3.05) is 5.75 Å². The first kappa shape index (κ1) is 22.7. The van der Waals surface area contributed by atoms with Crippen LogP contribution in [0.3, 0.4) is 0 Å². The van der Waals surface area contributed by atoms with Crippen LogP contribution in [-0.4, -0.2) is 27.4 Å². The molecule has 0 bridgehead atoms. The van der Waals surface area contributed by atoms with Gasteiger partial charge in [0.05, 0.1) is 39.6 Å². The van der Waals surface area contributed by atoms with Crippen LogP contribution in [0.4, 0.5) is 0 Å². The molecule has 0 fully saturated rings. The van der Waals surface area contributed by atoms with Crippen molar-refractivity contribution in [3.63, 3.8) is 0 Å². The van der Waals surface area contributed by atoms with Gasteiger partial charge in [0.15, 0.2) is 5.16 Å². The fourth-order valence-corrected chi connectivity index (χ4v) is 4.26. The highest BCUT2D eigenvalue weighted by molar-refractivity contribution is 7.99. The largest absolute Gasteiger partial charge is 0.314 e. The Balaban J connectivity index is 1.44. The Hall–Kier alpha value is -2.51. The normalized spacial score (nSPS) is 11.3. The molecule has 0 unspecified atom stereocenters. The highest BCUT2D eigenvalue weighted by Gasteiger charge is 2.13. The van der Waals surface area contributed by atoms with Crippen molar-refractivity contribution in [1.29, 1.82) is 0 Å². The zero-order chi connectivity index (χ0) is 22.5. The van der Waals surface area contributed by atoms with Crippen LogP contribution in [0, 0.1) is 0 Å². The number of hydrogen-bond acceptors (Lipinski definition) is 4. The number of benzene rings is 3. The van der Waals surface area contributed by atoms with Crippen molar-refractivity contribution in [3.8, 4) is 0 Å². The summed E-state index contributed by atoms with van der Waals surface area (Å²) in [5, 5.41) is 6.32. The predicted octanol–water partition coefficient (Wildman–Crippen LogP) is 6.29. The van der Waals surface area contributed by atoms with Gasteiger partial charge in [0, 0.05) is 5.02 Å². The molecule has 1 amide bonds. The molecule has 0 aliphatic carbocycles. The summed E-state index contributed by atoms with van der Waals surface area (Å²) in [5.74, 6) is -0.0701. The molecule has 0 atom stereocenters. The zero-order valence-electron chi connectivity index (χ0n) is 16.6. The molecule has 9 heteroatoms. The van der Waals surface area contributed by atoms with Crippen molar-refractivity contribution in [3.05, 3.63) is 92.9 Å². The number of nitrogens with zero attached hydrogens (tertiary/aromatic N) is 3. The monoisotopic (exact) mass is 502 g/mol. The lowest BCUT2D eigenvalue weighted by atomic mass is 10.2. The number of aromatic nitrogens is 2. The minimum absolute atomic E-state index is 0.169. The number of amides is 1. The molecule has 4 rings (SSSR count). The Morgan fingerprint density at radius 3 is 2.59 bits per heavy atom. The average Bonchev–Trinajstić information content (AvgIpc) is 3.14. The molecule has 0 spiro atoms. The first-order chi connectivity index (χ1) is 15.5. The molecule has 1 aromatic heterocycles. The van der Waals surface area contributed by atoms with Crippen LogP contribution < -0.4 is 5.43 Å². The van der Waals surface area contributed by atoms with Crippen LogP contribution in [0.25, 0.3) is 11.0 Å². The highest BCUT2D eigenvalue weighted by atomic mass is 35.5. The molecule has 0 aliphatic heterocycles. The summed E-state index contributed by atoms with van der Waals surface area (Å²) in [6.07, 6.45) is 1.51. The second kappa shape index (κ2) is 10.4. The van der Waals surface area contributed by atoms with Gasteiger partial charge in [-0.3, -0.25) is 4.79 Å². The fourth-order valence-electron chi connectivity index (χ4n) is 3.02. The van der Waals surface area contributed by atoms with Crippen LogP contribution in [0.15, 0.2) is 77.0 Å². The Labute approximate surface area is 204 Å². The van der Waals surface area contributed by atoms with Crippen molar-refractivity contribution >= 4 is 69.7 Å². The molecule has 0 radical (unpaired) electrons. The summed E-state index contributed by atoms with van der Waals surface area (Å²) in [6, 6.07) is 20.7. The molecule has 0 aliphatic rings. The van der Waals surface area contributed by atoms with E-state index in [0.29, 0.717) is 21.6 Å². The number of para-hydroxylation sites is 2. The number of hydrazone groups is 1. The number of carbonyl (C=O) groups is 1. The number of thioether (sulfide) groups is 1. The van der Waals surface area contributed by atoms with Gasteiger partial charge in [-0.1, -0.05) is 76.9 Å².